The van der Waals surface area contributed by atoms with E-state index in [1.54, 1.807) is 0 Å². The smallest absolute Gasteiger partial charge is 0.119 e. The summed E-state index contributed by atoms with van der Waals surface area (Å²) in [5, 5.41) is 0. The minimum absolute atomic E-state index is 0.113. The van der Waals surface area contributed by atoms with Gasteiger partial charge in [0.25, 0.3) is 0 Å². The van der Waals surface area contributed by atoms with E-state index < -0.39 is 0 Å². The zero-order valence-electron chi connectivity index (χ0n) is 11.3. The molecule has 3 heteroatoms. The molecule has 0 aromatic heterocycles. The standard InChI is InChI=1S/C15H23NO2/c1-11(2)18-14-5-3-12(4-6-14)15(16)13-7-9-17-10-8-13/h3-6,11,13,15H,7-10,16H2,1-2H3/t15-/m1/s1. The van der Waals surface area contributed by atoms with Crippen LogP contribution in [0.5, 0.6) is 5.75 Å². The van der Waals surface area contributed by atoms with Crippen molar-refractivity contribution in [3.05, 3.63) is 29.8 Å². The maximum absolute atomic E-state index is 6.32. The van der Waals surface area contributed by atoms with E-state index in [2.05, 4.69) is 12.1 Å². The molecule has 1 aromatic rings. The van der Waals surface area contributed by atoms with Crippen molar-refractivity contribution in [2.24, 2.45) is 11.7 Å². The molecular formula is C15H23NO2. The lowest BCUT2D eigenvalue weighted by molar-refractivity contribution is 0.0583. The molecule has 3 nitrogen and oxygen atoms in total. The van der Waals surface area contributed by atoms with Crippen molar-refractivity contribution in [2.75, 3.05) is 13.2 Å². The van der Waals surface area contributed by atoms with Gasteiger partial charge in [-0.25, -0.2) is 0 Å². The van der Waals surface area contributed by atoms with E-state index in [0.29, 0.717) is 5.92 Å². The highest BCUT2D eigenvalue weighted by Crippen LogP contribution is 2.29. The molecule has 1 fully saturated rings. The number of hydrogen-bond donors (Lipinski definition) is 1. The van der Waals surface area contributed by atoms with Gasteiger partial charge >= 0.3 is 0 Å². The van der Waals surface area contributed by atoms with Gasteiger partial charge in [-0.15, -0.1) is 0 Å². The predicted octanol–water partition coefficient (Wildman–Crippen LogP) is 2.90. The molecule has 0 spiro atoms. The minimum Gasteiger partial charge on any atom is -0.491 e. The Bertz CT molecular complexity index is 355. The van der Waals surface area contributed by atoms with E-state index in [-0.39, 0.29) is 12.1 Å². The number of nitrogens with two attached hydrogens (primary N) is 1. The third-order valence-electron chi connectivity index (χ3n) is 3.41. The van der Waals surface area contributed by atoms with Gasteiger partial charge in [-0.1, -0.05) is 12.1 Å². The summed E-state index contributed by atoms with van der Waals surface area (Å²) in [5.74, 6) is 1.45. The van der Waals surface area contributed by atoms with Crippen LogP contribution in [0.2, 0.25) is 0 Å². The molecule has 1 saturated heterocycles. The highest BCUT2D eigenvalue weighted by atomic mass is 16.5. The second-order valence-corrected chi connectivity index (χ2v) is 5.21. The molecule has 0 amide bonds. The number of ether oxygens (including phenoxy) is 2. The van der Waals surface area contributed by atoms with E-state index in [4.69, 9.17) is 15.2 Å². The third-order valence-corrected chi connectivity index (χ3v) is 3.41. The fourth-order valence-corrected chi connectivity index (χ4v) is 2.39. The summed E-state index contributed by atoms with van der Waals surface area (Å²) in [5.41, 5.74) is 7.52. The van der Waals surface area contributed by atoms with Gasteiger partial charge in [0, 0.05) is 19.3 Å². The van der Waals surface area contributed by atoms with Crippen LogP contribution in [-0.4, -0.2) is 19.3 Å². The van der Waals surface area contributed by atoms with Crippen molar-refractivity contribution in [1.29, 1.82) is 0 Å². The van der Waals surface area contributed by atoms with Gasteiger partial charge in [0.2, 0.25) is 0 Å². The van der Waals surface area contributed by atoms with Crippen molar-refractivity contribution >= 4 is 0 Å². The summed E-state index contributed by atoms with van der Waals surface area (Å²) in [4.78, 5) is 0. The topological polar surface area (TPSA) is 44.5 Å². The predicted molar refractivity (Wildman–Crippen MR) is 72.7 cm³/mol. The van der Waals surface area contributed by atoms with Crippen molar-refractivity contribution in [3.8, 4) is 5.75 Å². The quantitative estimate of drug-likeness (QED) is 0.892. The molecule has 100 valence electrons. The largest absolute Gasteiger partial charge is 0.491 e. The molecule has 1 heterocycles. The second kappa shape index (κ2) is 6.21. The summed E-state index contributed by atoms with van der Waals surface area (Å²) in [6, 6.07) is 8.29. The van der Waals surface area contributed by atoms with Crippen molar-refractivity contribution < 1.29 is 9.47 Å². The molecule has 2 N–H and O–H groups in total. The second-order valence-electron chi connectivity index (χ2n) is 5.21. The van der Waals surface area contributed by atoms with E-state index in [0.717, 1.165) is 31.8 Å². The van der Waals surface area contributed by atoms with Gasteiger partial charge in [-0.3, -0.25) is 0 Å². The monoisotopic (exact) mass is 249 g/mol. The first kappa shape index (κ1) is 13.4. The molecule has 18 heavy (non-hydrogen) atoms. The first-order chi connectivity index (χ1) is 8.66. The zero-order chi connectivity index (χ0) is 13.0. The van der Waals surface area contributed by atoms with Gasteiger partial charge in [0.1, 0.15) is 5.75 Å². The summed E-state index contributed by atoms with van der Waals surface area (Å²) >= 11 is 0. The van der Waals surface area contributed by atoms with Gasteiger partial charge in [0.15, 0.2) is 0 Å². The molecule has 1 aliphatic heterocycles. The van der Waals surface area contributed by atoms with Gasteiger partial charge in [-0.05, 0) is 50.3 Å². The van der Waals surface area contributed by atoms with Crippen LogP contribution < -0.4 is 10.5 Å². The molecule has 1 atom stereocenters. The van der Waals surface area contributed by atoms with Crippen LogP contribution in [0.25, 0.3) is 0 Å². The average Bonchev–Trinajstić information content (AvgIpc) is 2.39. The normalized spacial score (nSPS) is 18.9. The maximum atomic E-state index is 6.32. The minimum atomic E-state index is 0.113. The Labute approximate surface area is 109 Å². The van der Waals surface area contributed by atoms with Crippen LogP contribution >= 0.6 is 0 Å². The summed E-state index contributed by atoms with van der Waals surface area (Å²) in [6.45, 7) is 5.74. The van der Waals surface area contributed by atoms with Crippen LogP contribution in [0.15, 0.2) is 24.3 Å². The fraction of sp³-hybridized carbons (Fsp3) is 0.600. The Morgan fingerprint density at radius 3 is 2.33 bits per heavy atom. The van der Waals surface area contributed by atoms with E-state index >= 15 is 0 Å². The first-order valence-electron chi connectivity index (χ1n) is 6.77. The van der Waals surface area contributed by atoms with Crippen LogP contribution in [-0.2, 0) is 4.74 Å². The lowest BCUT2D eigenvalue weighted by Gasteiger charge is -2.28. The fourth-order valence-electron chi connectivity index (χ4n) is 2.39. The summed E-state index contributed by atoms with van der Waals surface area (Å²) < 4.78 is 11.0. The molecule has 0 aliphatic carbocycles. The first-order valence-corrected chi connectivity index (χ1v) is 6.77. The summed E-state index contributed by atoms with van der Waals surface area (Å²) in [6.07, 6.45) is 2.33. The molecule has 0 radical (unpaired) electrons. The van der Waals surface area contributed by atoms with Gasteiger partial charge in [-0.2, -0.15) is 0 Å². The zero-order valence-corrected chi connectivity index (χ0v) is 11.3. The third kappa shape index (κ3) is 3.47. The Morgan fingerprint density at radius 2 is 1.78 bits per heavy atom. The SMILES string of the molecule is CC(C)Oc1ccc([C@@H](N)C2CCOCC2)cc1. The Balaban J connectivity index is 1.99. The molecule has 0 unspecified atom stereocenters. The lowest BCUT2D eigenvalue weighted by Crippen LogP contribution is -2.27. The molecule has 1 aromatic carbocycles. The van der Waals surface area contributed by atoms with E-state index in [9.17, 15) is 0 Å². The lowest BCUT2D eigenvalue weighted by atomic mass is 9.88. The van der Waals surface area contributed by atoms with Crippen molar-refractivity contribution in [3.63, 3.8) is 0 Å². The molecule has 0 bridgehead atoms. The van der Waals surface area contributed by atoms with Crippen molar-refractivity contribution in [2.45, 2.75) is 38.8 Å². The highest BCUT2D eigenvalue weighted by molar-refractivity contribution is 5.29. The van der Waals surface area contributed by atoms with Crippen LogP contribution in [0, 0.1) is 5.92 Å². The maximum Gasteiger partial charge on any atom is 0.119 e. The van der Waals surface area contributed by atoms with E-state index in [1.807, 2.05) is 26.0 Å². The Hall–Kier alpha value is -1.06. The average molecular weight is 249 g/mol. The van der Waals surface area contributed by atoms with Crippen molar-refractivity contribution in [1.82, 2.24) is 0 Å². The Morgan fingerprint density at radius 1 is 1.17 bits per heavy atom. The Kier molecular flexibility index (Phi) is 4.61. The van der Waals surface area contributed by atoms with Gasteiger partial charge in [0.05, 0.1) is 6.10 Å². The van der Waals surface area contributed by atoms with Crippen LogP contribution in [0.1, 0.15) is 38.3 Å². The van der Waals surface area contributed by atoms with Gasteiger partial charge < -0.3 is 15.2 Å². The van der Waals surface area contributed by atoms with Crippen LogP contribution in [0.3, 0.4) is 0 Å². The van der Waals surface area contributed by atoms with E-state index in [1.165, 1.54) is 5.56 Å². The molecule has 2 rings (SSSR count). The number of hydrogen-bond acceptors (Lipinski definition) is 3. The molecular weight excluding hydrogens is 226 g/mol. The highest BCUT2D eigenvalue weighted by Gasteiger charge is 2.22. The summed E-state index contributed by atoms with van der Waals surface area (Å²) in [7, 11) is 0. The number of rotatable bonds is 4. The number of benzene rings is 1. The molecule has 0 saturated carbocycles. The van der Waals surface area contributed by atoms with Crippen LogP contribution in [0.4, 0.5) is 0 Å². The molecule has 1 aliphatic rings.